The van der Waals surface area contributed by atoms with E-state index in [4.69, 9.17) is 5.11 Å². The van der Waals surface area contributed by atoms with E-state index in [1.165, 1.54) is 4.90 Å². The maximum Gasteiger partial charge on any atom is 0.323 e. The number of pyridine rings is 1. The van der Waals surface area contributed by atoms with E-state index in [0.29, 0.717) is 19.6 Å². The maximum atomic E-state index is 12.4. The predicted octanol–water partition coefficient (Wildman–Crippen LogP) is 2.13. The van der Waals surface area contributed by atoms with E-state index < -0.39 is 5.97 Å². The molecule has 0 aliphatic heterocycles. The molecule has 0 atom stereocenters. The molecule has 21 heavy (non-hydrogen) atoms. The molecule has 0 aromatic carbocycles. The van der Waals surface area contributed by atoms with Gasteiger partial charge in [-0.2, -0.15) is 0 Å². The third-order valence-corrected chi connectivity index (χ3v) is 3.04. The third kappa shape index (κ3) is 5.41. The SMILES string of the molecule is CCCN(CC(=O)O)C(=O)N(CC)Cc1cccc(C)n1. The Bertz CT molecular complexity index is 491. The van der Waals surface area contributed by atoms with Crippen LogP contribution in [0.15, 0.2) is 18.2 Å². The molecule has 0 saturated heterocycles. The molecule has 1 aromatic rings. The second-order valence-electron chi connectivity index (χ2n) is 4.88. The van der Waals surface area contributed by atoms with E-state index in [1.54, 1.807) is 4.90 Å². The summed E-state index contributed by atoms with van der Waals surface area (Å²) in [4.78, 5) is 30.7. The first-order valence-corrected chi connectivity index (χ1v) is 7.16. The number of amides is 2. The minimum Gasteiger partial charge on any atom is -0.480 e. The van der Waals surface area contributed by atoms with Crippen LogP contribution >= 0.6 is 0 Å². The van der Waals surface area contributed by atoms with Crippen molar-refractivity contribution in [2.45, 2.75) is 33.7 Å². The lowest BCUT2D eigenvalue weighted by Gasteiger charge is -2.28. The van der Waals surface area contributed by atoms with Gasteiger partial charge in [0.05, 0.1) is 12.2 Å². The van der Waals surface area contributed by atoms with Gasteiger partial charge in [-0.05, 0) is 32.4 Å². The smallest absolute Gasteiger partial charge is 0.323 e. The van der Waals surface area contributed by atoms with Crippen LogP contribution in [0, 0.1) is 6.92 Å². The molecule has 6 nitrogen and oxygen atoms in total. The number of carbonyl (C=O) groups is 2. The number of hydrogen-bond donors (Lipinski definition) is 1. The average Bonchev–Trinajstić information content (AvgIpc) is 2.43. The zero-order chi connectivity index (χ0) is 15.8. The number of urea groups is 1. The highest BCUT2D eigenvalue weighted by Gasteiger charge is 2.21. The highest BCUT2D eigenvalue weighted by atomic mass is 16.4. The molecule has 6 heteroatoms. The summed E-state index contributed by atoms with van der Waals surface area (Å²) in [5, 5.41) is 8.92. The fourth-order valence-electron chi connectivity index (χ4n) is 2.07. The van der Waals surface area contributed by atoms with Crippen LogP contribution in [0.2, 0.25) is 0 Å². The van der Waals surface area contributed by atoms with Gasteiger partial charge in [-0.1, -0.05) is 13.0 Å². The minimum absolute atomic E-state index is 0.259. The highest BCUT2D eigenvalue weighted by molar-refractivity contribution is 5.80. The van der Waals surface area contributed by atoms with Gasteiger partial charge in [0.15, 0.2) is 0 Å². The molecule has 1 aromatic heterocycles. The lowest BCUT2D eigenvalue weighted by molar-refractivity contribution is -0.137. The summed E-state index contributed by atoms with van der Waals surface area (Å²) in [6.07, 6.45) is 0.721. The molecule has 0 unspecified atom stereocenters. The van der Waals surface area contributed by atoms with Crippen LogP contribution in [0.5, 0.6) is 0 Å². The van der Waals surface area contributed by atoms with Gasteiger partial charge in [-0.15, -0.1) is 0 Å². The molecule has 0 fully saturated rings. The molecule has 1 heterocycles. The first-order valence-electron chi connectivity index (χ1n) is 7.16. The molecule has 0 bridgehead atoms. The number of nitrogens with zero attached hydrogens (tertiary/aromatic N) is 3. The Labute approximate surface area is 125 Å². The fraction of sp³-hybridized carbons (Fsp3) is 0.533. The van der Waals surface area contributed by atoms with Crippen molar-refractivity contribution in [3.63, 3.8) is 0 Å². The van der Waals surface area contributed by atoms with Crippen molar-refractivity contribution in [2.24, 2.45) is 0 Å². The van der Waals surface area contributed by atoms with Crippen LogP contribution in [0.1, 0.15) is 31.7 Å². The molecule has 1 N–H and O–H groups in total. The lowest BCUT2D eigenvalue weighted by Crippen LogP contribution is -2.45. The zero-order valence-electron chi connectivity index (χ0n) is 12.9. The van der Waals surface area contributed by atoms with E-state index in [1.807, 2.05) is 39.0 Å². The van der Waals surface area contributed by atoms with Crippen molar-refractivity contribution < 1.29 is 14.7 Å². The van der Waals surface area contributed by atoms with Gasteiger partial charge in [-0.25, -0.2) is 4.79 Å². The van der Waals surface area contributed by atoms with E-state index >= 15 is 0 Å². The van der Waals surface area contributed by atoms with Gasteiger partial charge >= 0.3 is 12.0 Å². The molecule has 1 rings (SSSR count). The normalized spacial score (nSPS) is 10.2. The van der Waals surface area contributed by atoms with Gasteiger partial charge in [-0.3, -0.25) is 9.78 Å². The molecular weight excluding hydrogens is 270 g/mol. The number of carboxylic acid groups (broad SMARTS) is 1. The van der Waals surface area contributed by atoms with Crippen LogP contribution < -0.4 is 0 Å². The Hall–Kier alpha value is -2.11. The van der Waals surface area contributed by atoms with Crippen molar-refractivity contribution in [3.8, 4) is 0 Å². The summed E-state index contributed by atoms with van der Waals surface area (Å²) >= 11 is 0. The molecule has 116 valence electrons. The molecule has 0 radical (unpaired) electrons. The maximum absolute atomic E-state index is 12.4. The number of hydrogen-bond acceptors (Lipinski definition) is 3. The largest absolute Gasteiger partial charge is 0.480 e. The first-order chi connectivity index (χ1) is 9.97. The molecule has 0 saturated carbocycles. The Balaban J connectivity index is 2.81. The van der Waals surface area contributed by atoms with Crippen LogP contribution in [-0.4, -0.2) is 51.5 Å². The molecule has 2 amide bonds. The standard InChI is InChI=1S/C15H23N3O3/c1-4-9-18(11-14(19)20)15(21)17(5-2)10-13-8-6-7-12(3)16-13/h6-8H,4-5,9-11H2,1-3H3,(H,19,20). The average molecular weight is 293 g/mol. The van der Waals surface area contributed by atoms with Gasteiger partial charge in [0.1, 0.15) is 6.54 Å². The summed E-state index contributed by atoms with van der Waals surface area (Å²) in [5.74, 6) is -0.999. The van der Waals surface area contributed by atoms with Crippen LogP contribution in [0.4, 0.5) is 4.79 Å². The predicted molar refractivity (Wildman–Crippen MR) is 80.0 cm³/mol. The van der Waals surface area contributed by atoms with Crippen molar-refractivity contribution in [1.82, 2.24) is 14.8 Å². The first kappa shape index (κ1) is 16.9. The van der Waals surface area contributed by atoms with Crippen molar-refractivity contribution in [3.05, 3.63) is 29.6 Å². The van der Waals surface area contributed by atoms with E-state index in [0.717, 1.165) is 17.8 Å². The van der Waals surface area contributed by atoms with Crippen molar-refractivity contribution in [2.75, 3.05) is 19.6 Å². The number of aliphatic carboxylic acids is 1. The Morgan fingerprint density at radius 2 is 1.95 bits per heavy atom. The van der Waals surface area contributed by atoms with Gasteiger partial charge in [0.2, 0.25) is 0 Å². The second kappa shape index (κ2) is 8.24. The minimum atomic E-state index is -0.999. The second-order valence-corrected chi connectivity index (χ2v) is 4.88. The Kier molecular flexibility index (Phi) is 6.65. The summed E-state index contributed by atoms with van der Waals surface area (Å²) in [6, 6.07) is 5.40. The monoisotopic (exact) mass is 293 g/mol. The fourth-order valence-corrected chi connectivity index (χ4v) is 2.07. The number of aryl methyl sites for hydroxylation is 1. The number of carboxylic acids is 1. The number of rotatable bonds is 7. The molecule has 0 aliphatic rings. The van der Waals surface area contributed by atoms with Crippen LogP contribution in [0.25, 0.3) is 0 Å². The van der Waals surface area contributed by atoms with E-state index in [-0.39, 0.29) is 12.6 Å². The highest BCUT2D eigenvalue weighted by Crippen LogP contribution is 2.07. The quantitative estimate of drug-likeness (QED) is 0.835. The van der Waals surface area contributed by atoms with Crippen molar-refractivity contribution in [1.29, 1.82) is 0 Å². The van der Waals surface area contributed by atoms with E-state index in [9.17, 15) is 9.59 Å². The van der Waals surface area contributed by atoms with Gasteiger partial charge in [0.25, 0.3) is 0 Å². The van der Waals surface area contributed by atoms with Gasteiger partial charge in [0, 0.05) is 18.8 Å². The summed E-state index contributed by atoms with van der Waals surface area (Å²) in [5.41, 5.74) is 1.70. The lowest BCUT2D eigenvalue weighted by atomic mass is 10.3. The summed E-state index contributed by atoms with van der Waals surface area (Å²) in [6.45, 7) is 6.74. The number of aromatic nitrogens is 1. The van der Waals surface area contributed by atoms with Crippen molar-refractivity contribution >= 4 is 12.0 Å². The third-order valence-electron chi connectivity index (χ3n) is 3.04. The van der Waals surface area contributed by atoms with Crippen LogP contribution in [0.3, 0.4) is 0 Å². The Morgan fingerprint density at radius 3 is 2.48 bits per heavy atom. The number of carbonyl (C=O) groups excluding carboxylic acids is 1. The molecule has 0 aliphatic carbocycles. The van der Waals surface area contributed by atoms with E-state index in [2.05, 4.69) is 4.98 Å². The van der Waals surface area contributed by atoms with Crippen LogP contribution in [-0.2, 0) is 11.3 Å². The van der Waals surface area contributed by atoms with Gasteiger partial charge < -0.3 is 14.9 Å². The topological polar surface area (TPSA) is 73.7 Å². The summed E-state index contributed by atoms with van der Waals surface area (Å²) in [7, 11) is 0. The zero-order valence-corrected chi connectivity index (χ0v) is 12.9. The molecular formula is C15H23N3O3. The molecule has 0 spiro atoms. The Morgan fingerprint density at radius 1 is 1.24 bits per heavy atom. The summed E-state index contributed by atoms with van der Waals surface area (Å²) < 4.78 is 0.